The average Bonchev–Trinajstić information content (AvgIpc) is 2.52. The van der Waals surface area contributed by atoms with Crippen LogP contribution in [0.2, 0.25) is 5.02 Å². The summed E-state index contributed by atoms with van der Waals surface area (Å²) in [6, 6.07) is 3.62. The summed E-state index contributed by atoms with van der Waals surface area (Å²) in [4.78, 5) is 11.0. The standard InChI is InChI=1S/C10H7ClO2S/c1-5-7(11)4-8-6(2-3-14-8)9(5)10(12)13/h2-4H,1H3,(H,12,13). The van der Waals surface area contributed by atoms with Crippen LogP contribution < -0.4 is 0 Å². The number of carboxylic acid groups (broad SMARTS) is 1. The van der Waals surface area contributed by atoms with Gasteiger partial charge in [0.25, 0.3) is 0 Å². The van der Waals surface area contributed by atoms with E-state index in [-0.39, 0.29) is 0 Å². The quantitative estimate of drug-likeness (QED) is 0.807. The van der Waals surface area contributed by atoms with Crippen molar-refractivity contribution in [2.45, 2.75) is 6.92 Å². The van der Waals surface area contributed by atoms with Gasteiger partial charge in [0.2, 0.25) is 0 Å². The minimum Gasteiger partial charge on any atom is -0.478 e. The van der Waals surface area contributed by atoms with Gasteiger partial charge in [0.15, 0.2) is 0 Å². The van der Waals surface area contributed by atoms with Crippen molar-refractivity contribution in [1.29, 1.82) is 0 Å². The first-order valence-corrected chi connectivity index (χ1v) is 5.26. The molecule has 0 spiro atoms. The van der Waals surface area contributed by atoms with Crippen LogP contribution >= 0.6 is 22.9 Å². The van der Waals surface area contributed by atoms with E-state index in [0.29, 0.717) is 16.1 Å². The Kier molecular flexibility index (Phi) is 2.21. The number of hydrogen-bond donors (Lipinski definition) is 1. The van der Waals surface area contributed by atoms with Gasteiger partial charge in [0, 0.05) is 15.1 Å². The molecule has 0 amide bonds. The Balaban J connectivity index is 2.93. The van der Waals surface area contributed by atoms with Gasteiger partial charge in [-0.15, -0.1) is 11.3 Å². The Morgan fingerprint density at radius 2 is 2.29 bits per heavy atom. The third kappa shape index (κ3) is 1.29. The molecule has 0 aliphatic rings. The summed E-state index contributed by atoms with van der Waals surface area (Å²) in [6.45, 7) is 1.73. The molecule has 72 valence electrons. The van der Waals surface area contributed by atoms with Gasteiger partial charge in [-0.3, -0.25) is 0 Å². The van der Waals surface area contributed by atoms with Crippen LogP contribution in [0.4, 0.5) is 0 Å². The van der Waals surface area contributed by atoms with Crippen molar-refractivity contribution in [3.05, 3.63) is 33.7 Å². The van der Waals surface area contributed by atoms with Crippen molar-refractivity contribution in [2.24, 2.45) is 0 Å². The molecule has 0 fully saturated rings. The van der Waals surface area contributed by atoms with E-state index in [1.165, 1.54) is 11.3 Å². The molecule has 1 aromatic carbocycles. The van der Waals surface area contributed by atoms with Gasteiger partial charge in [0.1, 0.15) is 0 Å². The molecule has 4 heteroatoms. The monoisotopic (exact) mass is 226 g/mol. The predicted octanol–water partition coefficient (Wildman–Crippen LogP) is 3.56. The second-order valence-electron chi connectivity index (χ2n) is 3.00. The lowest BCUT2D eigenvalue weighted by molar-refractivity contribution is 0.0698. The summed E-state index contributed by atoms with van der Waals surface area (Å²) in [5.41, 5.74) is 0.943. The van der Waals surface area contributed by atoms with E-state index < -0.39 is 5.97 Å². The second kappa shape index (κ2) is 3.26. The molecule has 0 aliphatic heterocycles. The normalized spacial score (nSPS) is 10.7. The SMILES string of the molecule is Cc1c(Cl)cc2sccc2c1C(=O)O. The minimum atomic E-state index is -0.923. The van der Waals surface area contributed by atoms with Crippen LogP contribution in [0.3, 0.4) is 0 Å². The van der Waals surface area contributed by atoms with Crippen molar-refractivity contribution in [2.75, 3.05) is 0 Å². The van der Waals surface area contributed by atoms with Gasteiger partial charge in [-0.25, -0.2) is 4.79 Å². The smallest absolute Gasteiger partial charge is 0.336 e. The molecule has 1 N–H and O–H groups in total. The Morgan fingerprint density at radius 3 is 2.93 bits per heavy atom. The van der Waals surface area contributed by atoms with E-state index >= 15 is 0 Å². The second-order valence-corrected chi connectivity index (χ2v) is 4.35. The summed E-state index contributed by atoms with van der Waals surface area (Å²) >= 11 is 7.43. The van der Waals surface area contributed by atoms with Gasteiger partial charge >= 0.3 is 5.97 Å². The van der Waals surface area contributed by atoms with Crippen molar-refractivity contribution in [1.82, 2.24) is 0 Å². The number of benzene rings is 1. The molecule has 0 saturated heterocycles. The lowest BCUT2D eigenvalue weighted by Gasteiger charge is -2.04. The van der Waals surface area contributed by atoms with Gasteiger partial charge < -0.3 is 5.11 Å². The van der Waals surface area contributed by atoms with Gasteiger partial charge in [-0.05, 0) is 30.0 Å². The van der Waals surface area contributed by atoms with Crippen molar-refractivity contribution >= 4 is 39.0 Å². The van der Waals surface area contributed by atoms with Crippen LogP contribution in [0.1, 0.15) is 15.9 Å². The fourth-order valence-corrected chi connectivity index (χ4v) is 2.56. The summed E-state index contributed by atoms with van der Waals surface area (Å²) < 4.78 is 0.915. The van der Waals surface area contributed by atoms with E-state index in [2.05, 4.69) is 0 Å². The molecular formula is C10H7ClO2S. The van der Waals surface area contributed by atoms with Gasteiger partial charge in [0.05, 0.1) is 5.56 Å². The molecule has 1 aromatic heterocycles. The molecule has 0 aliphatic carbocycles. The lowest BCUT2D eigenvalue weighted by Crippen LogP contribution is -2.00. The zero-order valence-corrected chi connectivity index (χ0v) is 8.95. The summed E-state index contributed by atoms with van der Waals surface area (Å²) in [5.74, 6) is -0.923. The topological polar surface area (TPSA) is 37.3 Å². The maximum absolute atomic E-state index is 11.0. The number of halogens is 1. The highest BCUT2D eigenvalue weighted by Crippen LogP contribution is 2.31. The Bertz CT molecular complexity index is 516. The summed E-state index contributed by atoms with van der Waals surface area (Å²) in [6.07, 6.45) is 0. The van der Waals surface area contributed by atoms with E-state index in [9.17, 15) is 4.79 Å². The molecule has 0 bridgehead atoms. The number of hydrogen-bond acceptors (Lipinski definition) is 2. The minimum absolute atomic E-state index is 0.314. The van der Waals surface area contributed by atoms with Crippen molar-refractivity contribution in [3.8, 4) is 0 Å². The van der Waals surface area contributed by atoms with Gasteiger partial charge in [-0.1, -0.05) is 11.6 Å². The molecule has 1 heterocycles. The Morgan fingerprint density at radius 1 is 1.57 bits per heavy atom. The Labute approximate surface area is 89.7 Å². The van der Waals surface area contributed by atoms with E-state index in [0.717, 1.165) is 10.1 Å². The predicted molar refractivity (Wildman–Crippen MR) is 58.5 cm³/mol. The number of rotatable bonds is 1. The van der Waals surface area contributed by atoms with E-state index in [4.69, 9.17) is 16.7 Å². The molecule has 2 nitrogen and oxygen atoms in total. The molecule has 2 aromatic rings. The number of fused-ring (bicyclic) bond motifs is 1. The van der Waals surface area contributed by atoms with Crippen LogP contribution in [-0.4, -0.2) is 11.1 Å². The summed E-state index contributed by atoms with van der Waals surface area (Å²) in [7, 11) is 0. The van der Waals surface area contributed by atoms with Gasteiger partial charge in [-0.2, -0.15) is 0 Å². The van der Waals surface area contributed by atoms with E-state index in [1.807, 2.05) is 17.5 Å². The Hall–Kier alpha value is -1.06. The number of thiophene rings is 1. The molecule has 0 saturated carbocycles. The van der Waals surface area contributed by atoms with Crippen molar-refractivity contribution in [3.63, 3.8) is 0 Å². The fraction of sp³-hybridized carbons (Fsp3) is 0.100. The maximum atomic E-state index is 11.0. The molecule has 2 rings (SSSR count). The first kappa shape index (κ1) is 9.49. The average molecular weight is 227 g/mol. The zero-order chi connectivity index (χ0) is 10.3. The van der Waals surface area contributed by atoms with Crippen LogP contribution in [-0.2, 0) is 0 Å². The van der Waals surface area contributed by atoms with E-state index in [1.54, 1.807) is 6.92 Å². The van der Waals surface area contributed by atoms with Crippen molar-refractivity contribution < 1.29 is 9.90 Å². The molecule has 14 heavy (non-hydrogen) atoms. The number of carboxylic acids is 1. The fourth-order valence-electron chi connectivity index (χ4n) is 1.46. The van der Waals surface area contributed by atoms with Crippen LogP contribution in [0, 0.1) is 6.92 Å². The lowest BCUT2D eigenvalue weighted by atomic mass is 10.1. The first-order valence-electron chi connectivity index (χ1n) is 4.01. The van der Waals surface area contributed by atoms with Crippen LogP contribution in [0.25, 0.3) is 10.1 Å². The highest BCUT2D eigenvalue weighted by atomic mass is 35.5. The number of carbonyl (C=O) groups is 1. The first-order chi connectivity index (χ1) is 6.61. The van der Waals surface area contributed by atoms with Crippen LogP contribution in [0.15, 0.2) is 17.5 Å². The third-order valence-electron chi connectivity index (χ3n) is 2.17. The third-order valence-corrected chi connectivity index (χ3v) is 3.43. The largest absolute Gasteiger partial charge is 0.478 e. The molecule has 0 unspecified atom stereocenters. The molecule has 0 atom stereocenters. The molecule has 0 radical (unpaired) electrons. The maximum Gasteiger partial charge on any atom is 0.336 e. The number of aromatic carboxylic acids is 1. The van der Waals surface area contributed by atoms with Crippen LogP contribution in [0.5, 0.6) is 0 Å². The highest BCUT2D eigenvalue weighted by molar-refractivity contribution is 7.17. The molecular weight excluding hydrogens is 220 g/mol. The highest BCUT2D eigenvalue weighted by Gasteiger charge is 2.15. The summed E-state index contributed by atoms with van der Waals surface area (Å²) in [5, 5.41) is 12.2. The zero-order valence-electron chi connectivity index (χ0n) is 7.37.